The second-order valence-electron chi connectivity index (χ2n) is 5.63. The number of urea groups is 1. The monoisotopic (exact) mass is 288 g/mol. The van der Waals surface area contributed by atoms with Crippen LogP contribution in [0.2, 0.25) is 0 Å². The molecule has 0 aliphatic carbocycles. The summed E-state index contributed by atoms with van der Waals surface area (Å²) in [6.45, 7) is 9.64. The number of ether oxygens (including phenoxy) is 1. The van der Waals surface area contributed by atoms with E-state index in [2.05, 4.69) is 10.6 Å². The Balaban J connectivity index is 4.69. The summed E-state index contributed by atoms with van der Waals surface area (Å²) in [5.74, 6) is -1.57. The van der Waals surface area contributed by atoms with Crippen LogP contribution in [0.4, 0.5) is 4.79 Å². The number of amides is 2. The highest BCUT2D eigenvalue weighted by Crippen LogP contribution is 2.30. The minimum Gasteiger partial charge on any atom is -0.481 e. The summed E-state index contributed by atoms with van der Waals surface area (Å²) in [6.07, 6.45) is 0. The lowest BCUT2D eigenvalue weighted by molar-refractivity contribution is -0.151. The Labute approximate surface area is 119 Å². The fourth-order valence-corrected chi connectivity index (χ4v) is 1.27. The number of carbonyl (C=O) groups is 3. The lowest BCUT2D eigenvalue weighted by Gasteiger charge is -2.38. The summed E-state index contributed by atoms with van der Waals surface area (Å²) in [5, 5.41) is 14.2. The van der Waals surface area contributed by atoms with Gasteiger partial charge in [0.1, 0.15) is 6.04 Å². The molecule has 7 heteroatoms. The van der Waals surface area contributed by atoms with Gasteiger partial charge in [-0.05, 0) is 41.5 Å². The number of carboxylic acid groups (broad SMARTS) is 1. The van der Waals surface area contributed by atoms with E-state index in [4.69, 9.17) is 4.74 Å². The third-order valence-corrected chi connectivity index (χ3v) is 3.51. The molecule has 2 amide bonds. The summed E-state index contributed by atoms with van der Waals surface area (Å²) in [7, 11) is 0. The normalized spacial score (nSPS) is 13.3. The zero-order valence-electron chi connectivity index (χ0n) is 12.9. The molecule has 0 fully saturated rings. The molecular formula is C13H24N2O5. The van der Waals surface area contributed by atoms with Gasteiger partial charge in [0.15, 0.2) is 0 Å². The highest BCUT2D eigenvalue weighted by atomic mass is 16.5. The SMILES string of the molecule is CCOC(=O)C(C)NC(=O)NC(C)(C)C(C)(C)C(=O)O. The van der Waals surface area contributed by atoms with Crippen LogP contribution < -0.4 is 10.6 Å². The summed E-state index contributed by atoms with van der Waals surface area (Å²) >= 11 is 0. The molecule has 3 N–H and O–H groups in total. The van der Waals surface area contributed by atoms with Gasteiger partial charge in [0.25, 0.3) is 0 Å². The van der Waals surface area contributed by atoms with Crippen molar-refractivity contribution in [1.29, 1.82) is 0 Å². The highest BCUT2D eigenvalue weighted by molar-refractivity contribution is 5.84. The smallest absolute Gasteiger partial charge is 0.328 e. The van der Waals surface area contributed by atoms with Crippen LogP contribution in [0, 0.1) is 5.41 Å². The zero-order valence-corrected chi connectivity index (χ0v) is 12.9. The van der Waals surface area contributed by atoms with Crippen molar-refractivity contribution in [2.24, 2.45) is 5.41 Å². The van der Waals surface area contributed by atoms with Crippen LogP contribution >= 0.6 is 0 Å². The molecule has 0 saturated heterocycles. The first-order valence-electron chi connectivity index (χ1n) is 6.44. The first kappa shape index (κ1) is 18.2. The minimum absolute atomic E-state index is 0.226. The van der Waals surface area contributed by atoms with Crippen molar-refractivity contribution in [3.05, 3.63) is 0 Å². The number of aliphatic carboxylic acids is 1. The third kappa shape index (κ3) is 4.40. The van der Waals surface area contributed by atoms with Gasteiger partial charge in [0.05, 0.1) is 17.6 Å². The van der Waals surface area contributed by atoms with Gasteiger partial charge < -0.3 is 20.5 Å². The maximum absolute atomic E-state index is 11.8. The van der Waals surface area contributed by atoms with Gasteiger partial charge in [-0.3, -0.25) is 4.79 Å². The second-order valence-corrected chi connectivity index (χ2v) is 5.63. The molecule has 7 nitrogen and oxygen atoms in total. The Morgan fingerprint density at radius 3 is 2.10 bits per heavy atom. The van der Waals surface area contributed by atoms with Gasteiger partial charge in [-0.2, -0.15) is 0 Å². The number of esters is 1. The van der Waals surface area contributed by atoms with E-state index in [-0.39, 0.29) is 6.61 Å². The average molecular weight is 288 g/mol. The number of carbonyl (C=O) groups excluding carboxylic acids is 2. The van der Waals surface area contributed by atoms with E-state index >= 15 is 0 Å². The number of carboxylic acids is 1. The van der Waals surface area contributed by atoms with Crippen molar-refractivity contribution in [1.82, 2.24) is 10.6 Å². The van der Waals surface area contributed by atoms with Gasteiger partial charge in [-0.25, -0.2) is 9.59 Å². The topological polar surface area (TPSA) is 105 Å². The number of rotatable bonds is 6. The van der Waals surface area contributed by atoms with Crippen molar-refractivity contribution >= 4 is 18.0 Å². The largest absolute Gasteiger partial charge is 0.481 e. The summed E-state index contributed by atoms with van der Waals surface area (Å²) in [4.78, 5) is 34.4. The Morgan fingerprint density at radius 2 is 1.70 bits per heavy atom. The Bertz CT molecular complexity index is 390. The van der Waals surface area contributed by atoms with Gasteiger partial charge in [0, 0.05) is 0 Å². The van der Waals surface area contributed by atoms with Crippen molar-refractivity contribution < 1.29 is 24.2 Å². The van der Waals surface area contributed by atoms with E-state index in [0.717, 1.165) is 0 Å². The summed E-state index contributed by atoms with van der Waals surface area (Å²) < 4.78 is 4.76. The summed E-state index contributed by atoms with van der Waals surface area (Å²) in [6, 6.07) is -1.43. The molecule has 0 heterocycles. The van der Waals surface area contributed by atoms with Crippen LogP contribution in [-0.4, -0.2) is 41.3 Å². The third-order valence-electron chi connectivity index (χ3n) is 3.51. The molecule has 0 aliphatic rings. The fraction of sp³-hybridized carbons (Fsp3) is 0.769. The van der Waals surface area contributed by atoms with Gasteiger partial charge in [-0.1, -0.05) is 0 Å². The molecule has 0 rings (SSSR count). The Morgan fingerprint density at radius 1 is 1.20 bits per heavy atom. The van der Waals surface area contributed by atoms with E-state index in [1.165, 1.54) is 20.8 Å². The number of hydrogen-bond donors (Lipinski definition) is 3. The number of hydrogen-bond acceptors (Lipinski definition) is 4. The van der Waals surface area contributed by atoms with E-state index in [1.807, 2.05) is 0 Å². The maximum atomic E-state index is 11.8. The molecule has 1 atom stereocenters. The molecule has 1 unspecified atom stereocenters. The van der Waals surface area contributed by atoms with Gasteiger partial charge in [-0.15, -0.1) is 0 Å². The standard InChI is InChI=1S/C13H24N2O5/c1-7-20-9(16)8(2)14-11(19)15-13(5,6)12(3,4)10(17)18/h8H,7H2,1-6H3,(H,17,18)(H2,14,15,19). The van der Waals surface area contributed by atoms with Crippen molar-refractivity contribution in [2.45, 2.75) is 53.1 Å². The molecule has 116 valence electrons. The molecule has 0 bridgehead atoms. The zero-order chi connectivity index (χ0) is 16.1. The maximum Gasteiger partial charge on any atom is 0.328 e. The molecular weight excluding hydrogens is 264 g/mol. The number of nitrogens with one attached hydrogen (secondary N) is 2. The van der Waals surface area contributed by atoms with Crippen LogP contribution in [-0.2, 0) is 14.3 Å². The molecule has 0 aliphatic heterocycles. The molecule has 0 saturated carbocycles. The van der Waals surface area contributed by atoms with Gasteiger partial charge >= 0.3 is 18.0 Å². The van der Waals surface area contributed by atoms with Crippen LogP contribution in [0.3, 0.4) is 0 Å². The Hall–Kier alpha value is -1.79. The second kappa shape index (κ2) is 6.58. The van der Waals surface area contributed by atoms with Crippen molar-refractivity contribution in [3.8, 4) is 0 Å². The molecule has 0 spiro atoms. The first-order chi connectivity index (χ1) is 8.95. The lowest BCUT2D eigenvalue weighted by atomic mass is 9.74. The molecule has 0 aromatic heterocycles. The molecule has 20 heavy (non-hydrogen) atoms. The van der Waals surface area contributed by atoms with Crippen LogP contribution in [0.5, 0.6) is 0 Å². The van der Waals surface area contributed by atoms with E-state index in [9.17, 15) is 19.5 Å². The lowest BCUT2D eigenvalue weighted by Crippen LogP contribution is -2.60. The van der Waals surface area contributed by atoms with Gasteiger partial charge in [0.2, 0.25) is 0 Å². The van der Waals surface area contributed by atoms with Crippen LogP contribution in [0.15, 0.2) is 0 Å². The van der Waals surface area contributed by atoms with E-state index in [1.54, 1.807) is 20.8 Å². The predicted octanol–water partition coefficient (Wildman–Crippen LogP) is 1.13. The quantitative estimate of drug-likeness (QED) is 0.635. The Kier molecular flexibility index (Phi) is 5.99. The van der Waals surface area contributed by atoms with E-state index < -0.39 is 35.0 Å². The predicted molar refractivity (Wildman–Crippen MR) is 73.3 cm³/mol. The molecule has 0 aromatic carbocycles. The van der Waals surface area contributed by atoms with Crippen LogP contribution in [0.25, 0.3) is 0 Å². The molecule has 0 aromatic rings. The van der Waals surface area contributed by atoms with E-state index in [0.29, 0.717) is 0 Å². The summed E-state index contributed by atoms with van der Waals surface area (Å²) in [5.41, 5.74) is -2.17. The minimum atomic E-state index is -1.17. The molecule has 0 radical (unpaired) electrons. The van der Waals surface area contributed by atoms with Crippen molar-refractivity contribution in [3.63, 3.8) is 0 Å². The fourth-order valence-electron chi connectivity index (χ4n) is 1.27. The van der Waals surface area contributed by atoms with Crippen molar-refractivity contribution in [2.75, 3.05) is 6.61 Å². The average Bonchev–Trinajstić information content (AvgIpc) is 2.27. The highest BCUT2D eigenvalue weighted by Gasteiger charge is 2.44. The first-order valence-corrected chi connectivity index (χ1v) is 6.44. The van der Waals surface area contributed by atoms with Crippen LogP contribution in [0.1, 0.15) is 41.5 Å².